The molecule has 0 unspecified atom stereocenters. The summed E-state index contributed by atoms with van der Waals surface area (Å²) in [4.78, 5) is 2.44. The molecule has 3 aromatic rings. The van der Waals surface area contributed by atoms with E-state index in [-0.39, 0.29) is 23.4 Å². The predicted molar refractivity (Wildman–Crippen MR) is 117 cm³/mol. The van der Waals surface area contributed by atoms with Crippen LogP contribution in [-0.2, 0) is 0 Å². The lowest BCUT2D eigenvalue weighted by atomic mass is 9.75. The highest BCUT2D eigenvalue weighted by Gasteiger charge is 2.35. The molecule has 3 nitrogen and oxygen atoms in total. The largest absolute Gasteiger partial charge is 0.508 e. The highest BCUT2D eigenvalue weighted by Crippen LogP contribution is 2.47. The van der Waals surface area contributed by atoms with E-state index < -0.39 is 0 Å². The second kappa shape index (κ2) is 8.02. The third kappa shape index (κ3) is 3.51. The monoisotopic (exact) mass is 403 g/mol. The first-order valence-corrected chi connectivity index (χ1v) is 10.8. The summed E-state index contributed by atoms with van der Waals surface area (Å²) in [5.41, 5.74) is 4.04. The summed E-state index contributed by atoms with van der Waals surface area (Å²) in [6, 6.07) is 20.9. The van der Waals surface area contributed by atoms with Gasteiger partial charge in [-0.15, -0.1) is 0 Å². The van der Waals surface area contributed by atoms with Crippen LogP contribution in [0.15, 0.2) is 66.7 Å². The van der Waals surface area contributed by atoms with E-state index in [9.17, 15) is 9.50 Å². The zero-order valence-corrected chi connectivity index (χ0v) is 16.9. The van der Waals surface area contributed by atoms with Gasteiger partial charge in [-0.2, -0.15) is 0 Å². The Hall–Kier alpha value is -3.01. The Morgan fingerprint density at radius 2 is 1.63 bits per heavy atom. The Kier molecular flexibility index (Phi) is 5.07. The van der Waals surface area contributed by atoms with Crippen molar-refractivity contribution < 1.29 is 14.2 Å². The molecule has 0 radical (unpaired) electrons. The summed E-state index contributed by atoms with van der Waals surface area (Å²) < 4.78 is 20.7. The van der Waals surface area contributed by atoms with Crippen LogP contribution in [0.5, 0.6) is 11.5 Å². The molecule has 2 atom stereocenters. The smallest absolute Gasteiger partial charge is 0.126 e. The van der Waals surface area contributed by atoms with Gasteiger partial charge < -0.3 is 14.7 Å². The summed E-state index contributed by atoms with van der Waals surface area (Å²) >= 11 is 0. The topological polar surface area (TPSA) is 32.7 Å². The van der Waals surface area contributed by atoms with Gasteiger partial charge in [0.2, 0.25) is 0 Å². The van der Waals surface area contributed by atoms with E-state index in [0.717, 1.165) is 24.2 Å². The molecule has 1 N–H and O–H groups in total. The van der Waals surface area contributed by atoms with Crippen LogP contribution in [-0.4, -0.2) is 24.8 Å². The lowest BCUT2D eigenvalue weighted by molar-refractivity contribution is 0.245. The molecule has 30 heavy (non-hydrogen) atoms. The van der Waals surface area contributed by atoms with E-state index in [1.54, 1.807) is 18.2 Å². The van der Waals surface area contributed by atoms with Gasteiger partial charge in [0.1, 0.15) is 17.3 Å². The number of piperidine rings is 1. The molecule has 0 spiro atoms. The lowest BCUT2D eigenvalue weighted by Crippen LogP contribution is -2.29. The molecular formula is C26H26FNO2. The Balaban J connectivity index is 1.55. The van der Waals surface area contributed by atoms with Crippen LogP contribution in [0, 0.1) is 5.82 Å². The van der Waals surface area contributed by atoms with Crippen molar-refractivity contribution in [2.24, 2.45) is 0 Å². The van der Waals surface area contributed by atoms with E-state index in [1.165, 1.54) is 31.0 Å². The number of aromatic hydroxyl groups is 1. The molecule has 0 saturated carbocycles. The van der Waals surface area contributed by atoms with Crippen molar-refractivity contribution in [3.8, 4) is 11.5 Å². The van der Waals surface area contributed by atoms with Gasteiger partial charge in [0.25, 0.3) is 0 Å². The Labute approximate surface area is 176 Å². The van der Waals surface area contributed by atoms with Gasteiger partial charge in [-0.25, -0.2) is 4.39 Å². The summed E-state index contributed by atoms with van der Waals surface area (Å²) in [5, 5.41) is 9.91. The maximum atomic E-state index is 14.7. The number of halogens is 1. The van der Waals surface area contributed by atoms with Gasteiger partial charge >= 0.3 is 0 Å². The van der Waals surface area contributed by atoms with Crippen molar-refractivity contribution in [3.63, 3.8) is 0 Å². The molecule has 0 aliphatic carbocycles. The Bertz CT molecular complexity index is 1030. The normalized spacial score (nSPS) is 21.0. The molecule has 2 aliphatic rings. The third-order valence-electron chi connectivity index (χ3n) is 6.43. The number of ether oxygens (including phenoxy) is 1. The molecule has 1 saturated heterocycles. The third-order valence-corrected chi connectivity index (χ3v) is 6.43. The number of anilines is 1. The van der Waals surface area contributed by atoms with Crippen LogP contribution in [0.2, 0.25) is 0 Å². The summed E-state index contributed by atoms with van der Waals surface area (Å²) in [6.45, 7) is 2.59. The number of hydrogen-bond donors (Lipinski definition) is 1. The van der Waals surface area contributed by atoms with Gasteiger partial charge in [-0.05, 0) is 54.7 Å². The average Bonchev–Trinajstić information content (AvgIpc) is 2.79. The van der Waals surface area contributed by atoms with Crippen molar-refractivity contribution in [1.29, 1.82) is 0 Å². The van der Waals surface area contributed by atoms with Crippen molar-refractivity contribution in [1.82, 2.24) is 0 Å². The van der Waals surface area contributed by atoms with Crippen LogP contribution >= 0.6 is 0 Å². The second-order valence-corrected chi connectivity index (χ2v) is 8.28. The first-order chi connectivity index (χ1) is 14.7. The molecule has 4 heteroatoms. The predicted octanol–water partition coefficient (Wildman–Crippen LogP) is 5.83. The summed E-state index contributed by atoms with van der Waals surface area (Å²) in [6.07, 6.45) is 3.80. The van der Waals surface area contributed by atoms with Crippen LogP contribution < -0.4 is 9.64 Å². The van der Waals surface area contributed by atoms with Crippen molar-refractivity contribution >= 4 is 5.69 Å². The average molecular weight is 403 g/mol. The van der Waals surface area contributed by atoms with E-state index in [2.05, 4.69) is 29.2 Å². The number of benzene rings is 3. The van der Waals surface area contributed by atoms with Crippen LogP contribution in [0.4, 0.5) is 10.1 Å². The van der Waals surface area contributed by atoms with Gasteiger partial charge in [0.15, 0.2) is 0 Å². The zero-order chi connectivity index (χ0) is 20.5. The lowest BCUT2D eigenvalue weighted by Gasteiger charge is -2.35. The number of rotatable bonds is 3. The fraction of sp³-hybridized carbons (Fsp3) is 0.308. The summed E-state index contributed by atoms with van der Waals surface area (Å²) in [7, 11) is 0. The van der Waals surface area contributed by atoms with E-state index in [0.29, 0.717) is 17.9 Å². The van der Waals surface area contributed by atoms with Crippen LogP contribution in [0.1, 0.15) is 47.8 Å². The quantitative estimate of drug-likeness (QED) is 0.597. The molecule has 0 aromatic heterocycles. The number of hydrogen-bond acceptors (Lipinski definition) is 3. The molecule has 2 aliphatic heterocycles. The molecule has 154 valence electrons. The SMILES string of the molecule is Oc1ccc2c(c1)OC[C@@H](c1ccccc1F)[C@H]2c1ccc(N2CCCCC2)cc1. The van der Waals surface area contributed by atoms with Crippen molar-refractivity contribution in [3.05, 3.63) is 89.2 Å². The molecule has 0 bridgehead atoms. The maximum Gasteiger partial charge on any atom is 0.126 e. The highest BCUT2D eigenvalue weighted by atomic mass is 19.1. The fourth-order valence-electron chi connectivity index (χ4n) is 4.90. The molecule has 5 rings (SSSR count). The molecular weight excluding hydrogens is 377 g/mol. The van der Waals surface area contributed by atoms with Gasteiger partial charge in [0, 0.05) is 42.2 Å². The summed E-state index contributed by atoms with van der Waals surface area (Å²) in [5.74, 6) is 0.471. The first kappa shape index (κ1) is 19.0. The number of fused-ring (bicyclic) bond motifs is 1. The van der Waals surface area contributed by atoms with Gasteiger partial charge in [-0.3, -0.25) is 0 Å². The molecule has 1 fully saturated rings. The number of phenolic OH excluding ortho intramolecular Hbond substituents is 1. The van der Waals surface area contributed by atoms with Gasteiger partial charge in [0.05, 0.1) is 6.61 Å². The minimum atomic E-state index is -0.205. The van der Waals surface area contributed by atoms with Gasteiger partial charge in [-0.1, -0.05) is 36.4 Å². The molecule has 2 heterocycles. The maximum absolute atomic E-state index is 14.7. The molecule has 3 aromatic carbocycles. The molecule has 0 amide bonds. The number of phenols is 1. The van der Waals surface area contributed by atoms with Crippen LogP contribution in [0.25, 0.3) is 0 Å². The minimum Gasteiger partial charge on any atom is -0.508 e. The van der Waals surface area contributed by atoms with E-state index in [1.807, 2.05) is 18.2 Å². The minimum absolute atomic E-state index is 0.0401. The van der Waals surface area contributed by atoms with Crippen molar-refractivity contribution in [2.75, 3.05) is 24.6 Å². The first-order valence-electron chi connectivity index (χ1n) is 10.8. The fourth-order valence-corrected chi connectivity index (χ4v) is 4.90. The zero-order valence-electron chi connectivity index (χ0n) is 16.9. The number of nitrogens with zero attached hydrogens (tertiary/aromatic N) is 1. The van der Waals surface area contributed by atoms with Crippen molar-refractivity contribution in [2.45, 2.75) is 31.1 Å². The second-order valence-electron chi connectivity index (χ2n) is 8.28. The Morgan fingerprint density at radius 3 is 2.40 bits per heavy atom. The highest BCUT2D eigenvalue weighted by molar-refractivity contribution is 5.54. The Morgan fingerprint density at radius 1 is 0.867 bits per heavy atom. The van der Waals surface area contributed by atoms with E-state index >= 15 is 0 Å². The van der Waals surface area contributed by atoms with Crippen LogP contribution in [0.3, 0.4) is 0 Å². The standard InChI is InChI=1S/C26H26FNO2/c27-24-7-3-2-6-21(24)23-17-30-25-16-20(29)12-13-22(25)26(23)18-8-10-19(11-9-18)28-14-4-1-5-15-28/h2-3,6-13,16,23,26,29H,1,4-5,14-15,17H2/t23-,26-/m0/s1. The van der Waals surface area contributed by atoms with E-state index in [4.69, 9.17) is 4.74 Å².